The van der Waals surface area contributed by atoms with E-state index in [1.807, 2.05) is 11.9 Å². The van der Waals surface area contributed by atoms with Gasteiger partial charge in [0.25, 0.3) is 0 Å². The van der Waals surface area contributed by atoms with E-state index in [0.29, 0.717) is 115 Å². The van der Waals surface area contributed by atoms with Crippen molar-refractivity contribution in [3.63, 3.8) is 0 Å². The summed E-state index contributed by atoms with van der Waals surface area (Å²) in [4.78, 5) is 28.7. The first-order chi connectivity index (χ1) is 36.3. The SMILES string of the molecule is C=C1C[C@@H]2CC[C@]34C[C@@H](O)[C@H](O3)[C@H]3C[C@@H](O4)[C@H]4O[C@H](CC[C@@H]4O3)CC(=O)C[C@@H]3[C@@H](OC)[C@@H](C[C@H](O)CN(C)CCOCCOCCNC(=O)OCC4[C@H]5CC/C=C\CC[C@@H]45)O[C@H]3C[C@H]3O[C@@H](CC[C@@H]1O2)C[C@@H](C)C3=C. The lowest BCUT2D eigenvalue weighted by molar-refractivity contribution is -0.277. The number of rotatable bonds is 16. The number of amides is 1. The molecule has 1 spiro atoms. The van der Waals surface area contributed by atoms with Crippen LogP contribution in [0, 0.1) is 29.6 Å². The van der Waals surface area contributed by atoms with Gasteiger partial charge in [-0.1, -0.05) is 32.2 Å². The van der Waals surface area contributed by atoms with Crippen molar-refractivity contribution >= 4 is 11.9 Å². The van der Waals surface area contributed by atoms with Gasteiger partial charge in [-0.05, 0) is 112 Å². The highest BCUT2D eigenvalue weighted by molar-refractivity contribution is 5.79. The van der Waals surface area contributed by atoms with Crippen LogP contribution in [0.3, 0.4) is 0 Å². The zero-order valence-electron chi connectivity index (χ0n) is 45.1. The van der Waals surface area contributed by atoms with Crippen molar-refractivity contribution in [1.29, 1.82) is 0 Å². The normalized spacial score (nSPS) is 43.7. The fourth-order valence-electron chi connectivity index (χ4n) is 14.7. The molecule has 10 bridgehead atoms. The van der Waals surface area contributed by atoms with Gasteiger partial charge in [-0.3, -0.25) is 4.79 Å². The number of hydrogen-bond donors (Lipinski definition) is 3. The molecule has 0 aromatic rings. The van der Waals surface area contributed by atoms with E-state index in [0.717, 1.165) is 56.1 Å². The van der Waals surface area contributed by atoms with Gasteiger partial charge in [0.15, 0.2) is 5.79 Å². The van der Waals surface area contributed by atoms with Crippen LogP contribution in [0.4, 0.5) is 4.79 Å². The van der Waals surface area contributed by atoms with Gasteiger partial charge < -0.3 is 72.5 Å². The maximum Gasteiger partial charge on any atom is 0.407 e. The fraction of sp³-hybridized carbons (Fsp3) is 0.862. The second-order valence-corrected chi connectivity index (χ2v) is 24.1. The van der Waals surface area contributed by atoms with Crippen molar-refractivity contribution in [1.82, 2.24) is 10.2 Å². The van der Waals surface area contributed by atoms with Crippen molar-refractivity contribution in [3.8, 4) is 0 Å². The summed E-state index contributed by atoms with van der Waals surface area (Å²) >= 11 is 0. The first-order valence-corrected chi connectivity index (χ1v) is 29.1. The molecule has 1 amide bonds. The lowest BCUT2D eigenvalue weighted by atomic mass is 9.81. The van der Waals surface area contributed by atoms with Crippen molar-refractivity contribution in [2.75, 3.05) is 66.8 Å². The van der Waals surface area contributed by atoms with Gasteiger partial charge in [-0.2, -0.15) is 0 Å². The zero-order chi connectivity index (χ0) is 52.2. The second-order valence-electron chi connectivity index (χ2n) is 24.1. The first-order valence-electron chi connectivity index (χ1n) is 29.1. The highest BCUT2D eigenvalue weighted by Gasteiger charge is 2.60. The van der Waals surface area contributed by atoms with Gasteiger partial charge in [0, 0.05) is 77.6 Å². The highest BCUT2D eigenvalue weighted by atomic mass is 16.7. The number of nitrogens with zero attached hydrogens (tertiary/aromatic N) is 1. The number of alkyl carbamates (subject to hydrolysis) is 1. The summed E-state index contributed by atoms with van der Waals surface area (Å²) < 4.78 is 70.9. The van der Waals surface area contributed by atoms with Gasteiger partial charge >= 0.3 is 6.09 Å². The molecule has 10 aliphatic rings. The minimum Gasteiger partial charge on any atom is -0.449 e. The summed E-state index contributed by atoms with van der Waals surface area (Å²) in [5.74, 6) is 0.946. The van der Waals surface area contributed by atoms with Crippen LogP contribution in [0.2, 0.25) is 0 Å². The minimum absolute atomic E-state index is 0.00736. The molecule has 0 radical (unpaired) electrons. The lowest BCUT2D eigenvalue weighted by Crippen LogP contribution is -2.58. The molecule has 9 fully saturated rings. The van der Waals surface area contributed by atoms with Crippen LogP contribution < -0.4 is 5.32 Å². The Morgan fingerprint density at radius 2 is 1.56 bits per heavy atom. The first kappa shape index (κ1) is 55.9. The third kappa shape index (κ3) is 13.8. The van der Waals surface area contributed by atoms with Crippen LogP contribution >= 0.6 is 0 Å². The average Bonchev–Trinajstić information content (AvgIpc) is 3.55. The molecule has 0 aromatic heterocycles. The number of methoxy groups -OCH3 is 1. The van der Waals surface area contributed by atoms with Crippen molar-refractivity contribution in [2.24, 2.45) is 29.6 Å². The maximum absolute atomic E-state index is 14.4. The van der Waals surface area contributed by atoms with Gasteiger partial charge in [0.2, 0.25) is 0 Å². The van der Waals surface area contributed by atoms with Crippen LogP contribution in [0.15, 0.2) is 36.5 Å². The quantitative estimate of drug-likeness (QED) is 0.118. The van der Waals surface area contributed by atoms with Crippen LogP contribution in [0.1, 0.15) is 122 Å². The Labute approximate surface area is 445 Å². The number of carbonyl (C=O) groups excluding carboxylic acids is 2. The number of nitrogens with one attached hydrogen (secondary N) is 1. The van der Waals surface area contributed by atoms with Crippen LogP contribution in [-0.2, 0) is 56.9 Å². The number of Topliss-reactive ketones (excluding diaryl/α,β-unsaturated/α-hetero) is 1. The molecule has 17 heteroatoms. The molecular formula is C58H90N2O15. The van der Waals surface area contributed by atoms with E-state index in [1.54, 1.807) is 7.11 Å². The summed E-state index contributed by atoms with van der Waals surface area (Å²) in [6.45, 7) is 14.7. The van der Waals surface area contributed by atoms with Gasteiger partial charge in [0.05, 0.1) is 112 Å². The summed E-state index contributed by atoms with van der Waals surface area (Å²) in [5.41, 5.74) is 2.13. The molecular weight excluding hydrogens is 965 g/mol. The Hall–Kier alpha value is -2.36. The molecule has 3 N–H and O–H groups in total. The highest BCUT2D eigenvalue weighted by Crippen LogP contribution is 2.53. The van der Waals surface area contributed by atoms with Crippen molar-refractivity contribution in [3.05, 3.63) is 36.5 Å². The van der Waals surface area contributed by atoms with Gasteiger partial charge in [-0.25, -0.2) is 4.79 Å². The molecule has 422 valence electrons. The molecule has 8 saturated heterocycles. The molecule has 10 rings (SSSR count). The lowest BCUT2D eigenvalue weighted by Gasteiger charge is -2.47. The number of aliphatic hydroxyl groups is 2. The molecule has 75 heavy (non-hydrogen) atoms. The largest absolute Gasteiger partial charge is 0.449 e. The minimum atomic E-state index is -0.973. The Bertz CT molecular complexity index is 1960. The summed E-state index contributed by atoms with van der Waals surface area (Å²) in [5, 5.41) is 25.6. The number of aliphatic hydroxyl groups excluding tert-OH is 2. The van der Waals surface area contributed by atoms with Crippen molar-refractivity contribution < 1.29 is 71.9 Å². The molecule has 2 aliphatic carbocycles. The number of allylic oxidation sites excluding steroid dienone is 2. The number of ether oxygens (including phenoxy) is 11. The number of ketones is 1. The summed E-state index contributed by atoms with van der Waals surface area (Å²) in [6, 6.07) is 0. The average molecular weight is 1060 g/mol. The zero-order valence-corrected chi connectivity index (χ0v) is 45.1. The summed E-state index contributed by atoms with van der Waals surface area (Å²) in [7, 11) is 3.63. The molecule has 1 unspecified atom stereocenters. The Morgan fingerprint density at radius 3 is 2.36 bits per heavy atom. The molecule has 1 saturated carbocycles. The molecule has 17 nitrogen and oxygen atoms in total. The van der Waals surface area contributed by atoms with E-state index in [2.05, 4.69) is 37.6 Å². The number of carbonyl (C=O) groups is 2. The number of likely N-dealkylation sites (N-methyl/N-ethyl adjacent to an activating group) is 1. The van der Waals surface area contributed by atoms with Crippen molar-refractivity contribution in [2.45, 2.75) is 220 Å². The Morgan fingerprint density at radius 1 is 0.800 bits per heavy atom. The van der Waals surface area contributed by atoms with Gasteiger partial charge in [-0.15, -0.1) is 0 Å². The molecule has 8 heterocycles. The smallest absolute Gasteiger partial charge is 0.407 e. The van der Waals surface area contributed by atoms with E-state index < -0.39 is 36.3 Å². The predicted molar refractivity (Wildman–Crippen MR) is 276 cm³/mol. The fourth-order valence-corrected chi connectivity index (χ4v) is 14.7. The van der Waals surface area contributed by atoms with E-state index in [1.165, 1.54) is 12.8 Å². The Balaban J connectivity index is 0.714. The monoisotopic (exact) mass is 1050 g/mol. The maximum atomic E-state index is 14.4. The van der Waals surface area contributed by atoms with E-state index >= 15 is 0 Å². The standard InChI is InChI=1S/C58H90N2O15/c1-34-24-39-12-14-47-35(2)25-41(69-47)16-17-58-31-46(63)55(75-58)52-30-53(74-58)56-48(72-52)15-13-40(71-56)26-37(61)27-44-50(29-49(70-39)36(34)3)73-51(54(44)65-5)28-38(62)32-60(4)19-21-67-23-22-66-20-18-59-57(64)68-33-45-42-10-8-6-7-9-11-43(42)45/h6-7,34,38-56,62-63H,2-3,8-33H2,1,4-5H3,(H,59,64)/b7-6-/t34-,38+,39+,40-,41+,42-,43+,44+,45?,46-,47+,48+,49-,50+,51-,52-,53-,54-,55+,56+,58-/m1/s1. The molecule has 8 aliphatic heterocycles. The van der Waals surface area contributed by atoms with Crippen LogP contribution in [0.25, 0.3) is 0 Å². The van der Waals surface area contributed by atoms with E-state index in [9.17, 15) is 19.8 Å². The third-order valence-corrected chi connectivity index (χ3v) is 18.8. The van der Waals surface area contributed by atoms with Gasteiger partial charge in [0.1, 0.15) is 18.0 Å². The third-order valence-electron chi connectivity index (χ3n) is 18.8. The van der Waals surface area contributed by atoms with E-state index in [-0.39, 0.29) is 97.6 Å². The van der Waals surface area contributed by atoms with E-state index in [4.69, 9.17) is 52.1 Å². The predicted octanol–water partition coefficient (Wildman–Crippen LogP) is 6.15. The summed E-state index contributed by atoms with van der Waals surface area (Å²) in [6.07, 6.45) is 12.0. The molecule has 21 atom stereocenters. The number of hydrogen-bond acceptors (Lipinski definition) is 16. The van der Waals surface area contributed by atoms with Crippen LogP contribution in [0.5, 0.6) is 0 Å². The topological polar surface area (TPSA) is 191 Å². The molecule has 0 aromatic carbocycles. The number of fused-ring (bicyclic) bond motifs is 10. The Kier molecular flexibility index (Phi) is 18.9. The van der Waals surface area contributed by atoms with Crippen LogP contribution in [-0.4, -0.2) is 191 Å². The second kappa shape index (κ2) is 25.4.